The summed E-state index contributed by atoms with van der Waals surface area (Å²) in [6, 6.07) is 13.2. The summed E-state index contributed by atoms with van der Waals surface area (Å²) in [4.78, 5) is 24.3. The van der Waals surface area contributed by atoms with Gasteiger partial charge in [0.25, 0.3) is 0 Å². The van der Waals surface area contributed by atoms with Gasteiger partial charge in [-0.05, 0) is 61.6 Å². The molecular weight excluding hydrogens is 416 g/mol. The minimum Gasteiger partial charge on any atom is -0.495 e. The van der Waals surface area contributed by atoms with Crippen LogP contribution in [0.5, 0.6) is 5.75 Å². The predicted molar refractivity (Wildman–Crippen MR) is 119 cm³/mol. The maximum Gasteiger partial charge on any atom is 0.329 e. The molecule has 8 heteroatoms. The number of nitriles is 1. The Bertz CT molecular complexity index is 1220. The van der Waals surface area contributed by atoms with E-state index < -0.39 is 0 Å². The highest BCUT2D eigenvalue weighted by atomic mass is 35.5. The molecule has 1 aliphatic rings. The minimum absolute atomic E-state index is 0.0494. The third-order valence-corrected chi connectivity index (χ3v) is 6.31. The van der Waals surface area contributed by atoms with Crippen LogP contribution in [0.1, 0.15) is 42.9 Å². The number of benzene rings is 2. The zero-order valence-electron chi connectivity index (χ0n) is 17.2. The zero-order valence-corrected chi connectivity index (χ0v) is 17.9. The van der Waals surface area contributed by atoms with Gasteiger partial charge in [0.05, 0.1) is 41.3 Å². The van der Waals surface area contributed by atoms with Gasteiger partial charge in [0, 0.05) is 12.1 Å². The molecule has 1 N–H and O–H groups in total. The number of carbonyl (C=O) groups is 1. The van der Waals surface area contributed by atoms with Gasteiger partial charge in [-0.1, -0.05) is 17.7 Å². The summed E-state index contributed by atoms with van der Waals surface area (Å²) in [7, 11) is 1.56. The molecule has 0 radical (unpaired) electrons. The predicted octanol–water partition coefficient (Wildman–Crippen LogP) is 3.61. The highest BCUT2D eigenvalue weighted by Crippen LogP contribution is 2.31. The van der Waals surface area contributed by atoms with E-state index in [-0.39, 0.29) is 17.8 Å². The van der Waals surface area contributed by atoms with Gasteiger partial charge in [0.15, 0.2) is 0 Å². The van der Waals surface area contributed by atoms with Crippen molar-refractivity contribution in [3.05, 3.63) is 63.0 Å². The second-order valence-electron chi connectivity index (χ2n) is 7.81. The van der Waals surface area contributed by atoms with Crippen molar-refractivity contribution in [2.75, 3.05) is 7.11 Å². The number of imidazole rings is 1. The third-order valence-electron chi connectivity index (χ3n) is 6.01. The first-order chi connectivity index (χ1) is 15.0. The summed E-state index contributed by atoms with van der Waals surface area (Å²) in [5.41, 5.74) is 2.81. The maximum atomic E-state index is 13.5. The summed E-state index contributed by atoms with van der Waals surface area (Å²) in [5.74, 6) is 0.577. The standard InChI is InChI=1S/C23H23ClN4O3/c1-31-22-9-3-16(10-19(22)24)13-27-21-11-15(12-25)2-8-20(21)28(23(27)30)18-6-4-17(5-7-18)26-14-29/h2-3,8-11,14,17-18H,4-7,13H2,1H3,(H,26,29). The molecule has 3 aromatic rings. The van der Waals surface area contributed by atoms with Gasteiger partial charge in [0.1, 0.15) is 5.75 Å². The van der Waals surface area contributed by atoms with Crippen molar-refractivity contribution in [2.24, 2.45) is 0 Å². The molecule has 160 valence electrons. The van der Waals surface area contributed by atoms with E-state index in [1.165, 1.54) is 0 Å². The average Bonchev–Trinajstić information content (AvgIpc) is 3.05. The van der Waals surface area contributed by atoms with E-state index in [0.29, 0.717) is 22.9 Å². The van der Waals surface area contributed by atoms with Crippen LogP contribution in [0.2, 0.25) is 5.02 Å². The number of nitrogens with zero attached hydrogens (tertiary/aromatic N) is 3. The molecule has 0 unspecified atom stereocenters. The molecule has 2 aromatic carbocycles. The van der Waals surface area contributed by atoms with E-state index in [0.717, 1.165) is 48.7 Å². The normalized spacial score (nSPS) is 18.5. The SMILES string of the molecule is COc1ccc(Cn2c(=O)n(C3CCC(NC=O)CC3)c3ccc(C#N)cc32)cc1Cl. The number of fused-ring (bicyclic) bond motifs is 1. The van der Waals surface area contributed by atoms with Gasteiger partial charge in [-0.2, -0.15) is 5.26 Å². The van der Waals surface area contributed by atoms with Crippen LogP contribution in [-0.2, 0) is 11.3 Å². The van der Waals surface area contributed by atoms with E-state index in [1.54, 1.807) is 35.9 Å². The van der Waals surface area contributed by atoms with Gasteiger partial charge in [0.2, 0.25) is 6.41 Å². The topological polar surface area (TPSA) is 89.0 Å². The monoisotopic (exact) mass is 438 g/mol. The Morgan fingerprint density at radius 2 is 1.97 bits per heavy atom. The number of ether oxygens (including phenoxy) is 1. The fourth-order valence-corrected chi connectivity index (χ4v) is 4.72. The van der Waals surface area contributed by atoms with Gasteiger partial charge < -0.3 is 10.1 Å². The number of halogens is 1. The second kappa shape index (κ2) is 8.86. The van der Waals surface area contributed by atoms with Crippen LogP contribution in [0, 0.1) is 11.3 Å². The van der Waals surface area contributed by atoms with E-state index in [4.69, 9.17) is 16.3 Å². The van der Waals surface area contributed by atoms with Gasteiger partial charge in [-0.25, -0.2) is 4.79 Å². The molecule has 7 nitrogen and oxygen atoms in total. The highest BCUT2D eigenvalue weighted by molar-refractivity contribution is 6.32. The lowest BCUT2D eigenvalue weighted by Crippen LogP contribution is -2.35. The van der Waals surface area contributed by atoms with Crippen LogP contribution in [0.15, 0.2) is 41.2 Å². The first kappa shape index (κ1) is 21.0. The van der Waals surface area contributed by atoms with Crippen molar-refractivity contribution >= 4 is 29.0 Å². The summed E-state index contributed by atoms with van der Waals surface area (Å²) in [6.07, 6.45) is 4.00. The van der Waals surface area contributed by atoms with Crippen LogP contribution in [0.4, 0.5) is 0 Å². The third kappa shape index (κ3) is 4.04. The number of methoxy groups -OCH3 is 1. The first-order valence-electron chi connectivity index (χ1n) is 10.2. The van der Waals surface area contributed by atoms with Crippen molar-refractivity contribution in [1.29, 1.82) is 5.26 Å². The molecule has 1 amide bonds. The Labute approximate surface area is 184 Å². The number of carbonyl (C=O) groups excluding carboxylic acids is 1. The Morgan fingerprint density at radius 3 is 2.61 bits per heavy atom. The van der Waals surface area contributed by atoms with Crippen LogP contribution in [-0.4, -0.2) is 28.7 Å². The molecule has 1 aliphatic carbocycles. The fourth-order valence-electron chi connectivity index (χ4n) is 4.44. The van der Waals surface area contributed by atoms with Crippen LogP contribution >= 0.6 is 11.6 Å². The smallest absolute Gasteiger partial charge is 0.329 e. The van der Waals surface area contributed by atoms with E-state index in [2.05, 4.69) is 11.4 Å². The largest absolute Gasteiger partial charge is 0.495 e. The van der Waals surface area contributed by atoms with Crippen molar-refractivity contribution in [3.8, 4) is 11.8 Å². The van der Waals surface area contributed by atoms with Gasteiger partial charge in [-0.15, -0.1) is 0 Å². The number of hydrogen-bond acceptors (Lipinski definition) is 4. The summed E-state index contributed by atoms with van der Waals surface area (Å²) in [6.45, 7) is 0.336. The average molecular weight is 439 g/mol. The van der Waals surface area contributed by atoms with Crippen molar-refractivity contribution in [1.82, 2.24) is 14.5 Å². The molecular formula is C23H23ClN4O3. The number of amides is 1. The summed E-state index contributed by atoms with van der Waals surface area (Å²) >= 11 is 6.28. The van der Waals surface area contributed by atoms with Crippen LogP contribution < -0.4 is 15.7 Å². The lowest BCUT2D eigenvalue weighted by atomic mass is 9.91. The quantitative estimate of drug-likeness (QED) is 0.595. The number of hydrogen-bond donors (Lipinski definition) is 1. The molecule has 0 saturated heterocycles. The molecule has 0 bridgehead atoms. The maximum absolute atomic E-state index is 13.5. The molecule has 1 heterocycles. The van der Waals surface area contributed by atoms with Crippen LogP contribution in [0.3, 0.4) is 0 Å². The molecule has 1 saturated carbocycles. The Kier molecular flexibility index (Phi) is 6.01. The lowest BCUT2D eigenvalue weighted by Gasteiger charge is -2.28. The van der Waals surface area contributed by atoms with Crippen molar-refractivity contribution in [3.63, 3.8) is 0 Å². The van der Waals surface area contributed by atoms with E-state index in [9.17, 15) is 14.9 Å². The summed E-state index contributed by atoms with van der Waals surface area (Å²) in [5, 5.41) is 12.7. The van der Waals surface area contributed by atoms with Crippen molar-refractivity contribution in [2.45, 2.75) is 44.3 Å². The lowest BCUT2D eigenvalue weighted by molar-refractivity contribution is -0.110. The number of aromatic nitrogens is 2. The summed E-state index contributed by atoms with van der Waals surface area (Å²) < 4.78 is 8.76. The Balaban J connectivity index is 1.76. The Morgan fingerprint density at radius 1 is 1.19 bits per heavy atom. The molecule has 1 aromatic heterocycles. The zero-order chi connectivity index (χ0) is 22.0. The molecule has 0 aliphatic heterocycles. The molecule has 4 rings (SSSR count). The van der Waals surface area contributed by atoms with E-state index >= 15 is 0 Å². The number of nitrogens with one attached hydrogen (secondary N) is 1. The van der Waals surface area contributed by atoms with Gasteiger partial charge in [-0.3, -0.25) is 13.9 Å². The van der Waals surface area contributed by atoms with Crippen molar-refractivity contribution < 1.29 is 9.53 Å². The highest BCUT2D eigenvalue weighted by Gasteiger charge is 2.26. The molecule has 1 fully saturated rings. The molecule has 0 spiro atoms. The number of rotatable bonds is 6. The molecule has 0 atom stereocenters. The fraction of sp³-hybridized carbons (Fsp3) is 0.348. The first-order valence-corrected chi connectivity index (χ1v) is 10.6. The molecule has 31 heavy (non-hydrogen) atoms. The van der Waals surface area contributed by atoms with Crippen LogP contribution in [0.25, 0.3) is 11.0 Å². The second-order valence-corrected chi connectivity index (χ2v) is 8.22. The Hall–Kier alpha value is -3.24. The van der Waals surface area contributed by atoms with E-state index in [1.807, 2.05) is 16.7 Å². The van der Waals surface area contributed by atoms with Gasteiger partial charge >= 0.3 is 5.69 Å². The minimum atomic E-state index is -0.108.